The number of nitrogens with one attached hydrogen (secondary N) is 1. The molecular formula is C25H22N2O5S. The zero-order valence-corrected chi connectivity index (χ0v) is 19.2. The largest absolute Gasteiger partial charge is 0.497 e. The number of benzene rings is 3. The molecule has 0 saturated carbocycles. The topological polar surface area (TPSA) is 77.1 Å². The van der Waals surface area contributed by atoms with Crippen LogP contribution in [0.5, 0.6) is 17.2 Å². The summed E-state index contributed by atoms with van der Waals surface area (Å²) in [6.07, 6.45) is 1.55. The van der Waals surface area contributed by atoms with Gasteiger partial charge < -0.3 is 14.2 Å². The first-order valence-electron chi connectivity index (χ1n) is 10.3. The Morgan fingerprint density at radius 1 is 1.00 bits per heavy atom. The molecule has 1 N–H and O–H groups in total. The number of thiocarbonyl (C=S) groups is 1. The summed E-state index contributed by atoms with van der Waals surface area (Å²) in [6, 6.07) is 16.5. The van der Waals surface area contributed by atoms with Crippen molar-refractivity contribution in [2.24, 2.45) is 0 Å². The summed E-state index contributed by atoms with van der Waals surface area (Å²) in [4.78, 5) is 27.7. The van der Waals surface area contributed by atoms with Crippen LogP contribution >= 0.6 is 12.2 Å². The van der Waals surface area contributed by atoms with Gasteiger partial charge in [0.1, 0.15) is 22.8 Å². The number of rotatable bonds is 6. The second-order valence-corrected chi connectivity index (χ2v) is 7.51. The summed E-state index contributed by atoms with van der Waals surface area (Å²) < 4.78 is 16.5. The number of amides is 2. The zero-order valence-electron chi connectivity index (χ0n) is 18.4. The Hall–Kier alpha value is -3.91. The Balaban J connectivity index is 1.86. The molecule has 3 aromatic rings. The van der Waals surface area contributed by atoms with Gasteiger partial charge in [-0.15, -0.1) is 0 Å². The van der Waals surface area contributed by atoms with Gasteiger partial charge in [0.05, 0.1) is 26.5 Å². The predicted molar refractivity (Wildman–Crippen MR) is 131 cm³/mol. The number of carbonyl (C=O) groups excluding carboxylic acids is 2. The number of hydrogen-bond donors (Lipinski definition) is 1. The fraction of sp³-hybridized carbons (Fsp3) is 0.160. The Labute approximate surface area is 196 Å². The van der Waals surface area contributed by atoms with Gasteiger partial charge in [0.25, 0.3) is 11.8 Å². The maximum absolute atomic E-state index is 13.6. The van der Waals surface area contributed by atoms with Gasteiger partial charge in [-0.2, -0.15) is 0 Å². The molecule has 4 rings (SSSR count). The van der Waals surface area contributed by atoms with Gasteiger partial charge in [0, 0.05) is 11.6 Å². The van der Waals surface area contributed by atoms with Crippen molar-refractivity contribution >= 4 is 51.7 Å². The van der Waals surface area contributed by atoms with E-state index in [1.54, 1.807) is 24.3 Å². The number of nitrogens with zero attached hydrogens (tertiary/aromatic N) is 1. The van der Waals surface area contributed by atoms with Gasteiger partial charge in [-0.05, 0) is 54.2 Å². The van der Waals surface area contributed by atoms with E-state index in [9.17, 15) is 9.59 Å². The predicted octanol–water partition coefficient (Wildman–Crippen LogP) is 4.09. The van der Waals surface area contributed by atoms with E-state index < -0.39 is 11.8 Å². The fourth-order valence-electron chi connectivity index (χ4n) is 3.70. The van der Waals surface area contributed by atoms with E-state index in [-0.39, 0.29) is 10.7 Å². The third kappa shape index (κ3) is 4.12. The molecule has 8 heteroatoms. The van der Waals surface area contributed by atoms with Crippen molar-refractivity contribution in [2.75, 3.05) is 25.7 Å². The third-order valence-corrected chi connectivity index (χ3v) is 5.53. The summed E-state index contributed by atoms with van der Waals surface area (Å²) in [5, 5.41) is 4.39. The highest BCUT2D eigenvalue weighted by atomic mass is 32.1. The Kier molecular flexibility index (Phi) is 6.28. The van der Waals surface area contributed by atoms with Crippen LogP contribution in [0.1, 0.15) is 12.5 Å². The molecule has 1 fully saturated rings. The second kappa shape index (κ2) is 9.30. The molecule has 2 amide bonds. The molecule has 0 atom stereocenters. The zero-order chi connectivity index (χ0) is 23.5. The Morgan fingerprint density at radius 3 is 2.52 bits per heavy atom. The molecule has 3 aromatic carbocycles. The first-order chi connectivity index (χ1) is 16.0. The van der Waals surface area contributed by atoms with E-state index in [0.717, 1.165) is 10.8 Å². The molecule has 0 aromatic heterocycles. The van der Waals surface area contributed by atoms with E-state index in [1.165, 1.54) is 19.1 Å². The molecule has 168 valence electrons. The fourth-order valence-corrected chi connectivity index (χ4v) is 3.97. The normalized spacial score (nSPS) is 15.1. The van der Waals surface area contributed by atoms with Crippen LogP contribution in [-0.2, 0) is 9.59 Å². The monoisotopic (exact) mass is 462 g/mol. The van der Waals surface area contributed by atoms with E-state index in [4.69, 9.17) is 26.4 Å². The number of anilines is 1. The molecular weight excluding hydrogens is 440 g/mol. The maximum atomic E-state index is 13.6. The molecule has 0 bridgehead atoms. The van der Waals surface area contributed by atoms with Gasteiger partial charge >= 0.3 is 0 Å². The van der Waals surface area contributed by atoms with Crippen molar-refractivity contribution in [1.29, 1.82) is 0 Å². The minimum absolute atomic E-state index is 0.0337. The van der Waals surface area contributed by atoms with Crippen LogP contribution in [-0.4, -0.2) is 37.8 Å². The summed E-state index contributed by atoms with van der Waals surface area (Å²) in [6.45, 7) is 2.31. The molecule has 7 nitrogen and oxygen atoms in total. The van der Waals surface area contributed by atoms with Crippen molar-refractivity contribution in [3.8, 4) is 17.2 Å². The Bertz CT molecular complexity index is 1300. The number of hydrogen-bond acceptors (Lipinski definition) is 6. The molecule has 0 aliphatic carbocycles. The highest BCUT2D eigenvalue weighted by molar-refractivity contribution is 7.80. The molecule has 0 spiro atoms. The smallest absolute Gasteiger partial charge is 0.270 e. The molecule has 1 aliphatic heterocycles. The minimum atomic E-state index is -0.580. The summed E-state index contributed by atoms with van der Waals surface area (Å²) in [5.74, 6) is 0.362. The van der Waals surface area contributed by atoms with Crippen molar-refractivity contribution in [2.45, 2.75) is 6.92 Å². The summed E-state index contributed by atoms with van der Waals surface area (Å²) in [7, 11) is 3.02. The lowest BCUT2D eigenvalue weighted by atomic mass is 9.99. The van der Waals surface area contributed by atoms with Crippen molar-refractivity contribution < 1.29 is 23.8 Å². The van der Waals surface area contributed by atoms with Crippen molar-refractivity contribution in [3.05, 3.63) is 65.7 Å². The number of fused-ring (bicyclic) bond motifs is 1. The average Bonchev–Trinajstić information content (AvgIpc) is 2.82. The first-order valence-corrected chi connectivity index (χ1v) is 10.7. The lowest BCUT2D eigenvalue weighted by Gasteiger charge is -2.30. The van der Waals surface area contributed by atoms with Gasteiger partial charge in [-0.25, -0.2) is 4.90 Å². The van der Waals surface area contributed by atoms with Crippen molar-refractivity contribution in [1.82, 2.24) is 5.32 Å². The van der Waals surface area contributed by atoms with Crippen LogP contribution in [0.3, 0.4) is 0 Å². The van der Waals surface area contributed by atoms with Crippen molar-refractivity contribution in [3.63, 3.8) is 0 Å². The molecule has 0 unspecified atom stereocenters. The molecule has 1 aliphatic rings. The highest BCUT2D eigenvalue weighted by Gasteiger charge is 2.36. The molecule has 1 saturated heterocycles. The SMILES string of the molecule is CCOc1ccc2ccccc2c1/C=C1\C(=O)NC(=S)N(c2ccc(OC)cc2OC)C1=O. The lowest BCUT2D eigenvalue weighted by molar-refractivity contribution is -0.122. The van der Waals surface area contributed by atoms with Gasteiger partial charge in [0.15, 0.2) is 5.11 Å². The van der Waals surface area contributed by atoms with E-state index in [0.29, 0.717) is 35.1 Å². The molecule has 1 heterocycles. The van der Waals surface area contributed by atoms with Crippen LogP contribution in [0.2, 0.25) is 0 Å². The van der Waals surface area contributed by atoms with Crippen LogP contribution in [0.25, 0.3) is 16.8 Å². The van der Waals surface area contributed by atoms with Gasteiger partial charge in [-0.3, -0.25) is 14.9 Å². The first kappa shape index (κ1) is 22.3. The van der Waals surface area contributed by atoms with Gasteiger partial charge in [-0.1, -0.05) is 30.3 Å². The van der Waals surface area contributed by atoms with Crippen LogP contribution in [0, 0.1) is 0 Å². The summed E-state index contributed by atoms with van der Waals surface area (Å²) >= 11 is 5.33. The van der Waals surface area contributed by atoms with Crippen LogP contribution in [0.4, 0.5) is 5.69 Å². The van der Waals surface area contributed by atoms with Crippen LogP contribution < -0.4 is 24.4 Å². The average molecular weight is 463 g/mol. The number of methoxy groups -OCH3 is 2. The number of ether oxygens (including phenoxy) is 3. The van der Waals surface area contributed by atoms with Crippen LogP contribution in [0.15, 0.2) is 60.2 Å². The molecule has 0 radical (unpaired) electrons. The quantitative estimate of drug-likeness (QED) is 0.338. The summed E-state index contributed by atoms with van der Waals surface area (Å²) in [5.41, 5.74) is 0.962. The lowest BCUT2D eigenvalue weighted by Crippen LogP contribution is -2.54. The Morgan fingerprint density at radius 2 is 1.79 bits per heavy atom. The minimum Gasteiger partial charge on any atom is -0.497 e. The number of carbonyl (C=O) groups is 2. The van der Waals surface area contributed by atoms with E-state index >= 15 is 0 Å². The highest BCUT2D eigenvalue weighted by Crippen LogP contribution is 2.36. The van der Waals surface area contributed by atoms with E-state index in [1.807, 2.05) is 43.3 Å². The maximum Gasteiger partial charge on any atom is 0.270 e. The van der Waals surface area contributed by atoms with Gasteiger partial charge in [0.2, 0.25) is 0 Å². The van der Waals surface area contributed by atoms with E-state index in [2.05, 4.69) is 5.32 Å². The third-order valence-electron chi connectivity index (χ3n) is 5.25. The standard InChI is InChI=1S/C25H22N2O5S/c1-4-32-21-12-9-15-7-5-6-8-17(15)18(21)14-19-23(28)26-25(33)27(24(19)29)20-11-10-16(30-2)13-22(20)31-3/h5-14H,4H2,1-3H3,(H,26,28,33)/b19-14+. The second-order valence-electron chi connectivity index (χ2n) is 7.13. The molecule has 33 heavy (non-hydrogen) atoms.